The van der Waals surface area contributed by atoms with Crippen LogP contribution in [0, 0.1) is 5.92 Å². The molecule has 0 fully saturated rings. The van der Waals surface area contributed by atoms with Crippen molar-refractivity contribution < 1.29 is 5.11 Å². The van der Waals surface area contributed by atoms with Crippen LogP contribution < -0.4 is 0 Å². The Morgan fingerprint density at radius 1 is 1.22 bits per heavy atom. The van der Waals surface area contributed by atoms with Crippen molar-refractivity contribution in [1.29, 1.82) is 0 Å². The Balaban J connectivity index is 2.74. The van der Waals surface area contributed by atoms with Crippen molar-refractivity contribution in [3.63, 3.8) is 0 Å². The number of aromatic nitrogens is 1. The van der Waals surface area contributed by atoms with E-state index in [1.807, 2.05) is 22.8 Å². The predicted octanol–water partition coefficient (Wildman–Crippen LogP) is 4.66. The first-order valence-electron chi connectivity index (χ1n) is 6.07. The molecule has 1 aromatic heterocycles. The number of halogens is 2. The second-order valence-electron chi connectivity index (χ2n) is 5.05. The molecule has 1 N–H and O–H groups in total. The van der Waals surface area contributed by atoms with Gasteiger partial charge in [0.05, 0.1) is 6.10 Å². The van der Waals surface area contributed by atoms with Crippen molar-refractivity contribution in [3.8, 4) is 0 Å². The van der Waals surface area contributed by atoms with Crippen LogP contribution in [0.5, 0.6) is 0 Å². The van der Waals surface area contributed by atoms with Crippen LogP contribution in [0.25, 0.3) is 10.9 Å². The van der Waals surface area contributed by atoms with Gasteiger partial charge < -0.3 is 9.67 Å². The van der Waals surface area contributed by atoms with Gasteiger partial charge in [-0.1, -0.05) is 37.0 Å². The maximum absolute atomic E-state index is 9.90. The van der Waals surface area contributed by atoms with Crippen molar-refractivity contribution in [2.75, 3.05) is 0 Å². The number of aliphatic hydroxyl groups is 1. The van der Waals surface area contributed by atoms with Crippen LogP contribution in [0.2, 0.25) is 10.2 Å². The zero-order valence-electron chi connectivity index (χ0n) is 10.7. The van der Waals surface area contributed by atoms with Crippen molar-refractivity contribution in [3.05, 3.63) is 33.9 Å². The van der Waals surface area contributed by atoms with Crippen LogP contribution in [0.4, 0.5) is 0 Å². The van der Waals surface area contributed by atoms with Gasteiger partial charge in [0.2, 0.25) is 0 Å². The van der Waals surface area contributed by atoms with E-state index < -0.39 is 6.10 Å². The fourth-order valence-electron chi connectivity index (χ4n) is 2.26. The highest BCUT2D eigenvalue weighted by molar-refractivity contribution is 6.33. The van der Waals surface area contributed by atoms with Crippen molar-refractivity contribution in [1.82, 2.24) is 4.57 Å². The number of hydrogen-bond donors (Lipinski definition) is 1. The molecule has 1 unspecified atom stereocenters. The van der Waals surface area contributed by atoms with Gasteiger partial charge in [0.25, 0.3) is 0 Å². The van der Waals surface area contributed by atoms with E-state index in [9.17, 15) is 5.11 Å². The van der Waals surface area contributed by atoms with Crippen LogP contribution in [0.1, 0.15) is 32.4 Å². The third-order valence-corrected chi connectivity index (χ3v) is 3.61. The summed E-state index contributed by atoms with van der Waals surface area (Å²) in [5.74, 6) is 0.482. The molecule has 4 heteroatoms. The molecule has 2 aromatic rings. The number of fused-ring (bicyclic) bond motifs is 1. The minimum absolute atomic E-state index is 0.482. The molecule has 0 saturated heterocycles. The molecule has 98 valence electrons. The van der Waals surface area contributed by atoms with Crippen molar-refractivity contribution >= 4 is 34.1 Å². The number of rotatable bonds is 3. The molecule has 0 saturated carbocycles. The Morgan fingerprint density at radius 2 is 1.89 bits per heavy atom. The summed E-state index contributed by atoms with van der Waals surface area (Å²) in [7, 11) is 0. The average Bonchev–Trinajstić information content (AvgIpc) is 2.50. The largest absolute Gasteiger partial charge is 0.389 e. The summed E-state index contributed by atoms with van der Waals surface area (Å²) in [5, 5.41) is 12.1. The fraction of sp³-hybridized carbons (Fsp3) is 0.429. The third-order valence-electron chi connectivity index (χ3n) is 2.96. The van der Waals surface area contributed by atoms with E-state index >= 15 is 0 Å². The third kappa shape index (κ3) is 2.37. The molecular weight excluding hydrogens is 269 g/mol. The van der Waals surface area contributed by atoms with Gasteiger partial charge in [-0.3, -0.25) is 0 Å². The highest BCUT2D eigenvalue weighted by Crippen LogP contribution is 2.36. The highest BCUT2D eigenvalue weighted by Gasteiger charge is 2.19. The summed E-state index contributed by atoms with van der Waals surface area (Å²) in [6.07, 6.45) is -0.605. The van der Waals surface area contributed by atoms with E-state index in [-0.39, 0.29) is 0 Å². The summed E-state index contributed by atoms with van der Waals surface area (Å²) in [4.78, 5) is 0. The second kappa shape index (κ2) is 5.12. The zero-order valence-corrected chi connectivity index (χ0v) is 12.3. The van der Waals surface area contributed by atoms with Gasteiger partial charge in [-0.2, -0.15) is 0 Å². The van der Waals surface area contributed by atoms with Gasteiger partial charge in [0.15, 0.2) is 0 Å². The summed E-state index contributed by atoms with van der Waals surface area (Å²) < 4.78 is 2.04. The lowest BCUT2D eigenvalue weighted by Gasteiger charge is -2.10. The first-order chi connectivity index (χ1) is 8.41. The SMILES string of the molecule is CC(C)Cn1c(Cl)c(C(C)O)c2cc(Cl)ccc21. The maximum atomic E-state index is 9.90. The molecule has 0 aliphatic carbocycles. The first kappa shape index (κ1) is 13.7. The minimum Gasteiger partial charge on any atom is -0.389 e. The maximum Gasteiger partial charge on any atom is 0.115 e. The number of hydrogen-bond acceptors (Lipinski definition) is 1. The molecular formula is C14H17Cl2NO. The van der Waals surface area contributed by atoms with E-state index in [1.165, 1.54) is 0 Å². The van der Waals surface area contributed by atoms with E-state index in [0.29, 0.717) is 16.1 Å². The number of benzene rings is 1. The van der Waals surface area contributed by atoms with Gasteiger partial charge in [-0.25, -0.2) is 0 Å². The minimum atomic E-state index is -0.605. The van der Waals surface area contributed by atoms with E-state index in [1.54, 1.807) is 6.92 Å². The van der Waals surface area contributed by atoms with Gasteiger partial charge in [0.1, 0.15) is 5.15 Å². The van der Waals surface area contributed by atoms with E-state index in [0.717, 1.165) is 23.0 Å². The standard InChI is InChI=1S/C14H17Cl2NO/c1-8(2)7-17-12-5-4-10(15)6-11(12)13(9(3)18)14(17)16/h4-6,8-9,18H,7H2,1-3H3. The Morgan fingerprint density at radius 3 is 2.44 bits per heavy atom. The molecule has 0 aliphatic rings. The molecule has 2 nitrogen and oxygen atoms in total. The zero-order chi connectivity index (χ0) is 13.4. The van der Waals surface area contributed by atoms with Crippen LogP contribution in [-0.2, 0) is 6.54 Å². The summed E-state index contributed by atoms with van der Waals surface area (Å²) in [6, 6.07) is 5.67. The van der Waals surface area contributed by atoms with Crippen LogP contribution in [-0.4, -0.2) is 9.67 Å². The summed E-state index contributed by atoms with van der Waals surface area (Å²) in [6.45, 7) is 6.82. The lowest BCUT2D eigenvalue weighted by molar-refractivity contribution is 0.200. The molecule has 0 spiro atoms. The molecule has 2 rings (SSSR count). The average molecular weight is 286 g/mol. The van der Waals surface area contributed by atoms with Crippen LogP contribution in [0.15, 0.2) is 18.2 Å². The Hall–Kier alpha value is -0.700. The number of aliphatic hydroxyl groups excluding tert-OH is 1. The summed E-state index contributed by atoms with van der Waals surface area (Å²) in [5.41, 5.74) is 1.78. The second-order valence-corrected chi connectivity index (χ2v) is 5.84. The molecule has 18 heavy (non-hydrogen) atoms. The van der Waals surface area contributed by atoms with Crippen LogP contribution >= 0.6 is 23.2 Å². The lowest BCUT2D eigenvalue weighted by atomic mass is 10.1. The van der Waals surface area contributed by atoms with Crippen LogP contribution in [0.3, 0.4) is 0 Å². The summed E-state index contributed by atoms with van der Waals surface area (Å²) >= 11 is 12.4. The Kier molecular flexibility index (Phi) is 3.90. The molecule has 0 radical (unpaired) electrons. The molecule has 0 amide bonds. The quantitative estimate of drug-likeness (QED) is 0.872. The van der Waals surface area contributed by atoms with Crippen molar-refractivity contribution in [2.45, 2.75) is 33.4 Å². The lowest BCUT2D eigenvalue weighted by Crippen LogP contribution is -2.04. The Bertz CT molecular complexity index is 573. The molecule has 0 aliphatic heterocycles. The normalized spacial score (nSPS) is 13.5. The van der Waals surface area contributed by atoms with E-state index in [2.05, 4.69) is 13.8 Å². The predicted molar refractivity (Wildman–Crippen MR) is 77.4 cm³/mol. The molecule has 0 bridgehead atoms. The van der Waals surface area contributed by atoms with Gasteiger partial charge >= 0.3 is 0 Å². The molecule has 1 atom stereocenters. The first-order valence-corrected chi connectivity index (χ1v) is 6.82. The number of nitrogens with zero attached hydrogens (tertiary/aromatic N) is 1. The molecule has 1 heterocycles. The monoisotopic (exact) mass is 285 g/mol. The smallest absolute Gasteiger partial charge is 0.115 e. The fourth-order valence-corrected chi connectivity index (χ4v) is 2.85. The van der Waals surface area contributed by atoms with E-state index in [4.69, 9.17) is 23.2 Å². The van der Waals surface area contributed by atoms with Gasteiger partial charge in [0, 0.05) is 28.0 Å². The van der Waals surface area contributed by atoms with Crippen molar-refractivity contribution in [2.24, 2.45) is 5.92 Å². The Labute approximate surface area is 117 Å². The van der Waals surface area contributed by atoms with Gasteiger partial charge in [-0.15, -0.1) is 0 Å². The van der Waals surface area contributed by atoms with Gasteiger partial charge in [-0.05, 0) is 31.0 Å². The highest BCUT2D eigenvalue weighted by atomic mass is 35.5. The molecule has 1 aromatic carbocycles. The topological polar surface area (TPSA) is 25.2 Å².